The molecule has 0 saturated carbocycles. The molecule has 0 spiro atoms. The molecule has 1 aromatic heterocycles. The standard InChI is InChI=1S/C16H19NO3/c1-12(2)17(10-13-6-4-3-5-7-13)11-14-8-9-20-15(14)16(18)19/h3-9,12H,10-11H2,1-2H3,(H,18,19). The van der Waals surface area contributed by atoms with Gasteiger partial charge in [0.15, 0.2) is 0 Å². The van der Waals surface area contributed by atoms with Crippen LogP contribution in [0.25, 0.3) is 0 Å². The van der Waals surface area contributed by atoms with Gasteiger partial charge in [0.2, 0.25) is 5.76 Å². The summed E-state index contributed by atoms with van der Waals surface area (Å²) < 4.78 is 5.03. The zero-order valence-corrected chi connectivity index (χ0v) is 11.7. The van der Waals surface area contributed by atoms with E-state index in [1.807, 2.05) is 18.2 Å². The number of aromatic carboxylic acids is 1. The minimum Gasteiger partial charge on any atom is -0.475 e. The first-order valence-corrected chi connectivity index (χ1v) is 6.65. The molecular formula is C16H19NO3. The van der Waals surface area contributed by atoms with E-state index in [1.165, 1.54) is 11.8 Å². The van der Waals surface area contributed by atoms with E-state index in [0.717, 1.165) is 6.54 Å². The van der Waals surface area contributed by atoms with Crippen LogP contribution in [-0.2, 0) is 13.1 Å². The molecule has 4 heteroatoms. The normalized spacial score (nSPS) is 11.2. The molecule has 1 aromatic carbocycles. The Balaban J connectivity index is 2.14. The van der Waals surface area contributed by atoms with Crippen LogP contribution in [0.5, 0.6) is 0 Å². The van der Waals surface area contributed by atoms with Crippen molar-refractivity contribution in [2.45, 2.75) is 33.0 Å². The number of furan rings is 1. The summed E-state index contributed by atoms with van der Waals surface area (Å²) in [4.78, 5) is 13.3. The molecule has 0 aliphatic rings. The lowest BCUT2D eigenvalue weighted by molar-refractivity contribution is 0.0658. The number of carboxylic acids is 1. The Labute approximate surface area is 118 Å². The fraction of sp³-hybridized carbons (Fsp3) is 0.312. The van der Waals surface area contributed by atoms with E-state index in [4.69, 9.17) is 9.52 Å². The van der Waals surface area contributed by atoms with Gasteiger partial charge in [0.25, 0.3) is 0 Å². The molecule has 20 heavy (non-hydrogen) atoms. The van der Waals surface area contributed by atoms with Gasteiger partial charge < -0.3 is 9.52 Å². The highest BCUT2D eigenvalue weighted by atomic mass is 16.4. The van der Waals surface area contributed by atoms with Gasteiger partial charge in [0.05, 0.1) is 6.26 Å². The van der Waals surface area contributed by atoms with Crippen molar-refractivity contribution < 1.29 is 14.3 Å². The molecule has 0 radical (unpaired) electrons. The van der Waals surface area contributed by atoms with E-state index < -0.39 is 5.97 Å². The van der Waals surface area contributed by atoms with Gasteiger partial charge in [-0.15, -0.1) is 0 Å². The SMILES string of the molecule is CC(C)N(Cc1ccccc1)Cc1ccoc1C(=O)O. The predicted molar refractivity (Wildman–Crippen MR) is 76.5 cm³/mol. The summed E-state index contributed by atoms with van der Waals surface area (Å²) in [5, 5.41) is 9.08. The molecule has 2 aromatic rings. The Hall–Kier alpha value is -2.07. The average Bonchev–Trinajstić information content (AvgIpc) is 2.87. The third-order valence-corrected chi connectivity index (χ3v) is 3.27. The van der Waals surface area contributed by atoms with Gasteiger partial charge in [-0.2, -0.15) is 0 Å². The Morgan fingerprint density at radius 1 is 1.20 bits per heavy atom. The molecule has 0 aliphatic carbocycles. The van der Waals surface area contributed by atoms with E-state index in [1.54, 1.807) is 6.07 Å². The molecular weight excluding hydrogens is 254 g/mol. The minimum absolute atomic E-state index is 0.0312. The van der Waals surface area contributed by atoms with Gasteiger partial charge in [-0.3, -0.25) is 4.90 Å². The molecule has 0 atom stereocenters. The van der Waals surface area contributed by atoms with Crippen LogP contribution in [0.2, 0.25) is 0 Å². The van der Waals surface area contributed by atoms with Crippen molar-refractivity contribution in [1.29, 1.82) is 0 Å². The number of hydrogen-bond acceptors (Lipinski definition) is 3. The summed E-state index contributed by atoms with van der Waals surface area (Å²) in [5.74, 6) is -0.989. The molecule has 2 rings (SSSR count). The number of nitrogens with zero attached hydrogens (tertiary/aromatic N) is 1. The van der Waals surface area contributed by atoms with E-state index in [2.05, 4.69) is 30.9 Å². The Kier molecular flexibility index (Phi) is 4.58. The molecule has 0 amide bonds. The van der Waals surface area contributed by atoms with Gasteiger partial charge in [-0.1, -0.05) is 30.3 Å². The first-order chi connectivity index (χ1) is 9.58. The fourth-order valence-corrected chi connectivity index (χ4v) is 2.11. The van der Waals surface area contributed by atoms with Crippen molar-refractivity contribution in [2.75, 3.05) is 0 Å². The van der Waals surface area contributed by atoms with Crippen molar-refractivity contribution in [3.05, 3.63) is 59.5 Å². The predicted octanol–water partition coefficient (Wildman–Crippen LogP) is 3.39. The summed E-state index contributed by atoms with van der Waals surface area (Å²) in [6, 6.07) is 12.2. The molecule has 4 nitrogen and oxygen atoms in total. The number of benzene rings is 1. The van der Waals surface area contributed by atoms with E-state index in [9.17, 15) is 4.79 Å². The Morgan fingerprint density at radius 3 is 2.50 bits per heavy atom. The van der Waals surface area contributed by atoms with Crippen LogP contribution in [-0.4, -0.2) is 22.0 Å². The molecule has 0 aliphatic heterocycles. The molecule has 1 N–H and O–H groups in total. The van der Waals surface area contributed by atoms with Crippen molar-refractivity contribution >= 4 is 5.97 Å². The Morgan fingerprint density at radius 2 is 1.90 bits per heavy atom. The van der Waals surface area contributed by atoms with Crippen LogP contribution in [0.15, 0.2) is 47.1 Å². The number of carbonyl (C=O) groups is 1. The van der Waals surface area contributed by atoms with Gasteiger partial charge in [-0.25, -0.2) is 4.79 Å². The second-order valence-electron chi connectivity index (χ2n) is 5.06. The van der Waals surface area contributed by atoms with Crippen molar-refractivity contribution in [3.63, 3.8) is 0 Å². The van der Waals surface area contributed by atoms with Crippen molar-refractivity contribution in [2.24, 2.45) is 0 Å². The minimum atomic E-state index is -1.02. The Bertz CT molecular complexity index is 560. The number of hydrogen-bond donors (Lipinski definition) is 1. The van der Waals surface area contributed by atoms with Crippen LogP contribution in [0.3, 0.4) is 0 Å². The van der Waals surface area contributed by atoms with Crippen LogP contribution in [0.1, 0.15) is 35.5 Å². The zero-order chi connectivity index (χ0) is 14.5. The van der Waals surface area contributed by atoms with E-state index in [-0.39, 0.29) is 5.76 Å². The van der Waals surface area contributed by atoms with Crippen LogP contribution in [0, 0.1) is 0 Å². The van der Waals surface area contributed by atoms with Gasteiger partial charge in [-0.05, 0) is 25.5 Å². The smallest absolute Gasteiger partial charge is 0.372 e. The van der Waals surface area contributed by atoms with Gasteiger partial charge in [0, 0.05) is 24.7 Å². The first kappa shape index (κ1) is 14.3. The molecule has 0 fully saturated rings. The summed E-state index contributed by atoms with van der Waals surface area (Å²) in [7, 11) is 0. The maximum atomic E-state index is 11.1. The number of carboxylic acid groups (broad SMARTS) is 1. The first-order valence-electron chi connectivity index (χ1n) is 6.65. The fourth-order valence-electron chi connectivity index (χ4n) is 2.11. The quantitative estimate of drug-likeness (QED) is 0.876. The van der Waals surface area contributed by atoms with Gasteiger partial charge >= 0.3 is 5.97 Å². The molecule has 106 valence electrons. The highest BCUT2D eigenvalue weighted by Crippen LogP contribution is 2.17. The molecule has 0 unspecified atom stereocenters. The average molecular weight is 273 g/mol. The lowest BCUT2D eigenvalue weighted by atomic mass is 10.1. The second kappa shape index (κ2) is 6.39. The summed E-state index contributed by atoms with van der Waals surface area (Å²) in [6.45, 7) is 5.54. The topological polar surface area (TPSA) is 53.7 Å². The third-order valence-electron chi connectivity index (χ3n) is 3.27. The second-order valence-corrected chi connectivity index (χ2v) is 5.06. The van der Waals surface area contributed by atoms with Crippen LogP contribution in [0.4, 0.5) is 0 Å². The van der Waals surface area contributed by atoms with Crippen LogP contribution >= 0.6 is 0 Å². The third kappa shape index (κ3) is 3.48. The molecule has 1 heterocycles. The van der Waals surface area contributed by atoms with Crippen LogP contribution < -0.4 is 0 Å². The summed E-state index contributed by atoms with van der Waals surface area (Å²) in [6.07, 6.45) is 1.43. The number of rotatable bonds is 6. The van der Waals surface area contributed by atoms with Crippen molar-refractivity contribution in [3.8, 4) is 0 Å². The lowest BCUT2D eigenvalue weighted by Crippen LogP contribution is -2.30. The monoisotopic (exact) mass is 273 g/mol. The zero-order valence-electron chi connectivity index (χ0n) is 11.7. The lowest BCUT2D eigenvalue weighted by Gasteiger charge is -2.26. The highest BCUT2D eigenvalue weighted by Gasteiger charge is 2.18. The molecule has 0 bridgehead atoms. The van der Waals surface area contributed by atoms with E-state index >= 15 is 0 Å². The maximum absolute atomic E-state index is 11.1. The maximum Gasteiger partial charge on any atom is 0.372 e. The highest BCUT2D eigenvalue weighted by molar-refractivity contribution is 5.86. The van der Waals surface area contributed by atoms with Crippen molar-refractivity contribution in [1.82, 2.24) is 4.90 Å². The van der Waals surface area contributed by atoms with E-state index in [0.29, 0.717) is 18.2 Å². The largest absolute Gasteiger partial charge is 0.475 e. The summed E-state index contributed by atoms with van der Waals surface area (Å²) >= 11 is 0. The molecule has 0 saturated heterocycles. The summed E-state index contributed by atoms with van der Waals surface area (Å²) in [5.41, 5.74) is 1.92. The van der Waals surface area contributed by atoms with Gasteiger partial charge in [0.1, 0.15) is 0 Å².